The summed E-state index contributed by atoms with van der Waals surface area (Å²) in [6.07, 6.45) is 0. The topological polar surface area (TPSA) is 44.6 Å². The van der Waals surface area contributed by atoms with E-state index in [1.54, 1.807) is 0 Å². The summed E-state index contributed by atoms with van der Waals surface area (Å²) < 4.78 is 0. The fourth-order valence-electron chi connectivity index (χ4n) is 1.54. The van der Waals surface area contributed by atoms with Gasteiger partial charge in [0.25, 0.3) is 0 Å². The minimum atomic E-state index is 0.712. The highest BCUT2D eigenvalue weighted by Gasteiger charge is 2.05. The maximum Gasteiger partial charge on any atom is 0.0998 e. The largest absolute Gasteiger partial charge is 0.274 e. The summed E-state index contributed by atoms with van der Waals surface area (Å²) in [6, 6.07) is 19.4. The summed E-state index contributed by atoms with van der Waals surface area (Å²) in [7, 11) is 0. The van der Waals surface area contributed by atoms with E-state index in [2.05, 4.69) is 5.10 Å². The molecule has 0 amide bonds. The average Bonchev–Trinajstić information content (AvgIpc) is 2.38. The Bertz CT molecular complexity index is 424. The van der Waals surface area contributed by atoms with Crippen LogP contribution < -0.4 is 5.59 Å². The van der Waals surface area contributed by atoms with Crippen LogP contribution in [0.4, 0.5) is 0 Å². The minimum absolute atomic E-state index is 0.712. The molecule has 3 nitrogen and oxygen atoms in total. The monoisotopic (exact) mass is 212 g/mol. The lowest BCUT2D eigenvalue weighted by atomic mass is 10.0. The zero-order chi connectivity index (χ0) is 11.2. The van der Waals surface area contributed by atoms with Crippen molar-refractivity contribution in [3.63, 3.8) is 0 Å². The quantitative estimate of drug-likeness (QED) is 0.606. The van der Waals surface area contributed by atoms with Crippen LogP contribution in [0.25, 0.3) is 0 Å². The number of benzene rings is 2. The predicted molar refractivity (Wildman–Crippen MR) is 63.4 cm³/mol. The first kappa shape index (κ1) is 10.4. The minimum Gasteiger partial charge on any atom is -0.274 e. The van der Waals surface area contributed by atoms with E-state index in [1.165, 1.54) is 0 Å². The second-order valence-electron chi connectivity index (χ2n) is 3.29. The highest BCUT2D eigenvalue weighted by Crippen LogP contribution is 2.09. The van der Waals surface area contributed by atoms with E-state index in [0.717, 1.165) is 11.1 Å². The van der Waals surface area contributed by atoms with Crippen molar-refractivity contribution < 1.29 is 5.21 Å². The van der Waals surface area contributed by atoms with Crippen molar-refractivity contribution in [3.8, 4) is 0 Å². The fourth-order valence-corrected chi connectivity index (χ4v) is 1.54. The molecular formula is C13H12N2O. The highest BCUT2D eigenvalue weighted by atomic mass is 16.5. The molecule has 0 aliphatic heterocycles. The molecule has 0 saturated heterocycles. The van der Waals surface area contributed by atoms with Crippen molar-refractivity contribution in [2.45, 2.75) is 0 Å². The van der Waals surface area contributed by atoms with Gasteiger partial charge in [-0.3, -0.25) is 5.21 Å². The normalized spacial score (nSPS) is 9.56. The van der Waals surface area contributed by atoms with Crippen LogP contribution in [0.1, 0.15) is 11.1 Å². The molecule has 0 fully saturated rings. The van der Waals surface area contributed by atoms with Crippen LogP contribution in [0, 0.1) is 0 Å². The van der Waals surface area contributed by atoms with Crippen LogP contribution in [0.2, 0.25) is 0 Å². The number of hydrogen-bond donors (Lipinski definition) is 2. The van der Waals surface area contributed by atoms with Crippen LogP contribution in [-0.2, 0) is 0 Å². The molecule has 0 aliphatic carbocycles. The number of nitrogens with zero attached hydrogens (tertiary/aromatic N) is 1. The Morgan fingerprint density at radius 1 is 0.812 bits per heavy atom. The maximum absolute atomic E-state index is 8.72. The standard InChI is InChI=1S/C13H12N2O/c16-15-14-13(11-7-3-1-4-8-11)12-9-5-2-6-10-12/h1-10,15-16H. The van der Waals surface area contributed by atoms with Crippen molar-refractivity contribution in [2.24, 2.45) is 5.10 Å². The molecule has 0 unspecified atom stereocenters. The summed E-state index contributed by atoms with van der Waals surface area (Å²) in [4.78, 5) is 0. The van der Waals surface area contributed by atoms with Gasteiger partial charge in [0.15, 0.2) is 0 Å². The van der Waals surface area contributed by atoms with E-state index < -0.39 is 0 Å². The first-order chi connectivity index (χ1) is 7.92. The van der Waals surface area contributed by atoms with Gasteiger partial charge in [0.2, 0.25) is 0 Å². The Morgan fingerprint density at radius 3 is 1.62 bits per heavy atom. The lowest BCUT2D eigenvalue weighted by Gasteiger charge is -2.05. The Labute approximate surface area is 94.0 Å². The fraction of sp³-hybridized carbons (Fsp3) is 0. The van der Waals surface area contributed by atoms with Crippen LogP contribution in [0.15, 0.2) is 65.8 Å². The third-order valence-corrected chi connectivity index (χ3v) is 2.26. The second-order valence-corrected chi connectivity index (χ2v) is 3.29. The summed E-state index contributed by atoms with van der Waals surface area (Å²) in [5.41, 5.74) is 4.47. The van der Waals surface area contributed by atoms with E-state index in [0.29, 0.717) is 5.71 Å². The van der Waals surface area contributed by atoms with E-state index in [1.807, 2.05) is 66.3 Å². The molecule has 3 heteroatoms. The SMILES string of the molecule is ONN=C(c1ccccc1)c1ccccc1. The predicted octanol–water partition coefficient (Wildman–Crippen LogP) is 2.42. The zero-order valence-electron chi connectivity index (χ0n) is 8.67. The molecule has 0 aromatic heterocycles. The Kier molecular flexibility index (Phi) is 3.31. The van der Waals surface area contributed by atoms with Gasteiger partial charge in [-0.15, -0.1) is 0 Å². The molecule has 2 rings (SSSR count). The third kappa shape index (κ3) is 2.27. The molecule has 0 heterocycles. The van der Waals surface area contributed by atoms with Crippen LogP contribution in [0.5, 0.6) is 0 Å². The molecule has 2 aromatic rings. The lowest BCUT2D eigenvalue weighted by molar-refractivity contribution is 0.172. The molecule has 2 aromatic carbocycles. The van der Waals surface area contributed by atoms with E-state index in [9.17, 15) is 0 Å². The molecule has 2 N–H and O–H groups in total. The number of hydrazone groups is 1. The lowest BCUT2D eigenvalue weighted by Crippen LogP contribution is -2.09. The van der Waals surface area contributed by atoms with Gasteiger partial charge in [-0.1, -0.05) is 60.7 Å². The van der Waals surface area contributed by atoms with Gasteiger partial charge < -0.3 is 0 Å². The number of hydrogen-bond acceptors (Lipinski definition) is 3. The van der Waals surface area contributed by atoms with Gasteiger partial charge in [-0.25, -0.2) is 0 Å². The Morgan fingerprint density at radius 2 is 1.25 bits per heavy atom. The Balaban J connectivity index is 2.44. The summed E-state index contributed by atoms with van der Waals surface area (Å²) in [6.45, 7) is 0. The number of rotatable bonds is 3. The summed E-state index contributed by atoms with van der Waals surface area (Å²) in [5, 5.41) is 12.6. The van der Waals surface area contributed by atoms with E-state index in [-0.39, 0.29) is 0 Å². The van der Waals surface area contributed by atoms with Crippen LogP contribution >= 0.6 is 0 Å². The van der Waals surface area contributed by atoms with Crippen molar-refractivity contribution in [1.29, 1.82) is 0 Å². The molecule has 0 bridgehead atoms. The maximum atomic E-state index is 8.72. The van der Waals surface area contributed by atoms with Gasteiger partial charge in [-0.2, -0.15) is 10.7 Å². The number of nitrogens with one attached hydrogen (secondary N) is 1. The van der Waals surface area contributed by atoms with E-state index in [4.69, 9.17) is 5.21 Å². The van der Waals surface area contributed by atoms with Crippen molar-refractivity contribution in [2.75, 3.05) is 0 Å². The van der Waals surface area contributed by atoms with Crippen molar-refractivity contribution in [3.05, 3.63) is 71.8 Å². The highest BCUT2D eigenvalue weighted by molar-refractivity contribution is 6.12. The molecule has 0 atom stereocenters. The van der Waals surface area contributed by atoms with Gasteiger partial charge in [0.05, 0.1) is 5.71 Å². The Hall–Kier alpha value is -2.13. The molecule has 80 valence electrons. The third-order valence-electron chi connectivity index (χ3n) is 2.26. The summed E-state index contributed by atoms with van der Waals surface area (Å²) >= 11 is 0. The molecule has 0 radical (unpaired) electrons. The molecule has 16 heavy (non-hydrogen) atoms. The van der Waals surface area contributed by atoms with Gasteiger partial charge in [0.1, 0.15) is 0 Å². The van der Waals surface area contributed by atoms with Crippen molar-refractivity contribution >= 4 is 5.71 Å². The smallest absolute Gasteiger partial charge is 0.0998 e. The molecule has 0 aliphatic rings. The van der Waals surface area contributed by atoms with Crippen LogP contribution in [0.3, 0.4) is 0 Å². The zero-order valence-corrected chi connectivity index (χ0v) is 8.67. The molecule has 0 spiro atoms. The molecule has 0 saturated carbocycles. The van der Waals surface area contributed by atoms with Crippen molar-refractivity contribution in [1.82, 2.24) is 5.59 Å². The first-order valence-corrected chi connectivity index (χ1v) is 4.99. The second kappa shape index (κ2) is 5.09. The van der Waals surface area contributed by atoms with Gasteiger partial charge in [-0.05, 0) is 0 Å². The van der Waals surface area contributed by atoms with Crippen LogP contribution in [-0.4, -0.2) is 10.9 Å². The first-order valence-electron chi connectivity index (χ1n) is 4.99. The summed E-state index contributed by atoms with van der Waals surface area (Å²) in [5.74, 6) is 0. The van der Waals surface area contributed by atoms with E-state index >= 15 is 0 Å². The van der Waals surface area contributed by atoms with Gasteiger partial charge >= 0.3 is 0 Å². The molecular weight excluding hydrogens is 200 g/mol. The average molecular weight is 212 g/mol. The van der Waals surface area contributed by atoms with Gasteiger partial charge in [0, 0.05) is 11.1 Å².